The summed E-state index contributed by atoms with van der Waals surface area (Å²) in [5, 5.41) is 3.43. The van der Waals surface area contributed by atoms with E-state index in [0.717, 1.165) is 43.0 Å². The highest BCUT2D eigenvalue weighted by Gasteiger charge is 2.04. The lowest BCUT2D eigenvalue weighted by molar-refractivity contribution is 0.402. The van der Waals surface area contributed by atoms with Crippen molar-refractivity contribution in [2.45, 2.75) is 26.7 Å². The molecule has 0 aliphatic carbocycles. The second-order valence-electron chi connectivity index (χ2n) is 4.44. The number of methoxy groups -OCH3 is 2. The van der Waals surface area contributed by atoms with E-state index in [9.17, 15) is 0 Å². The van der Waals surface area contributed by atoms with Crippen LogP contribution < -0.4 is 14.8 Å². The van der Waals surface area contributed by atoms with Crippen molar-refractivity contribution in [3.63, 3.8) is 0 Å². The second kappa shape index (κ2) is 8.59. The smallest absolute Gasteiger partial charge is 0.126 e. The average molecular weight is 263 g/mol. The first-order valence-electron chi connectivity index (χ1n) is 6.87. The van der Waals surface area contributed by atoms with Gasteiger partial charge < -0.3 is 14.8 Å². The molecule has 0 aliphatic heterocycles. The van der Waals surface area contributed by atoms with Gasteiger partial charge >= 0.3 is 0 Å². The molecule has 0 fully saturated rings. The quantitative estimate of drug-likeness (QED) is 0.728. The van der Waals surface area contributed by atoms with Crippen LogP contribution in [0.15, 0.2) is 23.8 Å². The molecule has 1 aromatic rings. The number of benzene rings is 1. The monoisotopic (exact) mass is 263 g/mol. The fourth-order valence-electron chi connectivity index (χ4n) is 1.88. The van der Waals surface area contributed by atoms with Crippen molar-refractivity contribution in [2.24, 2.45) is 0 Å². The van der Waals surface area contributed by atoms with Crippen molar-refractivity contribution < 1.29 is 9.47 Å². The van der Waals surface area contributed by atoms with Gasteiger partial charge in [0, 0.05) is 12.1 Å². The third-order valence-electron chi connectivity index (χ3n) is 3.03. The van der Waals surface area contributed by atoms with E-state index in [4.69, 9.17) is 9.47 Å². The van der Waals surface area contributed by atoms with E-state index in [1.54, 1.807) is 14.2 Å². The van der Waals surface area contributed by atoms with Gasteiger partial charge in [-0.15, -0.1) is 0 Å². The van der Waals surface area contributed by atoms with Gasteiger partial charge in [-0.25, -0.2) is 0 Å². The summed E-state index contributed by atoms with van der Waals surface area (Å²) >= 11 is 0. The Balaban J connectivity index is 2.91. The molecule has 0 radical (unpaired) electrons. The van der Waals surface area contributed by atoms with Gasteiger partial charge in [0.05, 0.1) is 14.2 Å². The van der Waals surface area contributed by atoms with Gasteiger partial charge in [-0.3, -0.25) is 0 Å². The molecule has 0 amide bonds. The molecule has 0 aliphatic rings. The minimum atomic E-state index is 0.851. The van der Waals surface area contributed by atoms with Crippen LogP contribution in [0.25, 0.3) is 6.08 Å². The largest absolute Gasteiger partial charge is 0.497 e. The minimum Gasteiger partial charge on any atom is -0.497 e. The highest BCUT2D eigenvalue weighted by atomic mass is 16.5. The number of hydrogen-bond acceptors (Lipinski definition) is 3. The summed E-state index contributed by atoms with van der Waals surface area (Å²) in [4.78, 5) is 0. The molecule has 1 rings (SSSR count). The summed E-state index contributed by atoms with van der Waals surface area (Å²) in [6, 6.07) is 5.86. The molecule has 0 aromatic heterocycles. The van der Waals surface area contributed by atoms with Crippen LogP contribution in [-0.2, 0) is 0 Å². The van der Waals surface area contributed by atoms with Crippen LogP contribution in [0.2, 0.25) is 0 Å². The maximum Gasteiger partial charge on any atom is 0.126 e. The molecule has 1 aromatic carbocycles. The number of hydrogen-bond donors (Lipinski definition) is 1. The molecule has 19 heavy (non-hydrogen) atoms. The van der Waals surface area contributed by atoms with Crippen molar-refractivity contribution in [1.29, 1.82) is 0 Å². The van der Waals surface area contributed by atoms with E-state index in [1.165, 1.54) is 5.57 Å². The number of ether oxygens (including phenoxy) is 2. The van der Waals surface area contributed by atoms with Crippen molar-refractivity contribution in [1.82, 2.24) is 5.32 Å². The van der Waals surface area contributed by atoms with Gasteiger partial charge in [0.1, 0.15) is 11.5 Å². The third-order valence-corrected chi connectivity index (χ3v) is 3.03. The first-order chi connectivity index (χ1) is 9.24. The predicted molar refractivity (Wildman–Crippen MR) is 81.0 cm³/mol. The zero-order valence-electron chi connectivity index (χ0n) is 12.5. The van der Waals surface area contributed by atoms with Crippen molar-refractivity contribution in [3.05, 3.63) is 29.3 Å². The van der Waals surface area contributed by atoms with Crippen LogP contribution in [0.5, 0.6) is 11.5 Å². The fraction of sp³-hybridized carbons (Fsp3) is 0.500. The summed E-state index contributed by atoms with van der Waals surface area (Å²) in [6.07, 6.45) is 4.36. The van der Waals surface area contributed by atoms with E-state index >= 15 is 0 Å². The topological polar surface area (TPSA) is 30.5 Å². The molecular formula is C16H25NO2. The van der Waals surface area contributed by atoms with E-state index in [-0.39, 0.29) is 0 Å². The molecule has 3 heteroatoms. The van der Waals surface area contributed by atoms with Gasteiger partial charge in [-0.2, -0.15) is 0 Å². The Labute approximate surface area is 116 Å². The van der Waals surface area contributed by atoms with Crippen LogP contribution in [0.4, 0.5) is 0 Å². The zero-order chi connectivity index (χ0) is 14.1. The lowest BCUT2D eigenvalue weighted by Crippen LogP contribution is -2.17. The average Bonchev–Trinajstić information content (AvgIpc) is 2.46. The van der Waals surface area contributed by atoms with Crippen LogP contribution >= 0.6 is 0 Å². The van der Waals surface area contributed by atoms with E-state index < -0.39 is 0 Å². The lowest BCUT2D eigenvalue weighted by atomic mass is 10.1. The predicted octanol–water partition coefficient (Wildman–Crippen LogP) is 3.50. The summed E-state index contributed by atoms with van der Waals surface area (Å²) in [6.45, 7) is 6.32. The minimum absolute atomic E-state index is 0.851. The molecule has 0 bridgehead atoms. The summed E-state index contributed by atoms with van der Waals surface area (Å²) in [5.74, 6) is 1.73. The molecule has 0 unspecified atom stereocenters. The Hall–Kier alpha value is -1.48. The molecule has 0 atom stereocenters. The normalized spacial score (nSPS) is 11.5. The molecule has 3 nitrogen and oxygen atoms in total. The Morgan fingerprint density at radius 1 is 1.21 bits per heavy atom. The fourth-order valence-corrected chi connectivity index (χ4v) is 1.88. The number of nitrogens with one attached hydrogen (secondary N) is 1. The Morgan fingerprint density at radius 3 is 2.58 bits per heavy atom. The van der Waals surface area contributed by atoms with Crippen LogP contribution in [0, 0.1) is 0 Å². The SMILES string of the molecule is CCCNCC(=Cc1cc(OC)ccc1OC)CC. The van der Waals surface area contributed by atoms with Crippen molar-refractivity contribution in [3.8, 4) is 11.5 Å². The molecule has 0 spiro atoms. The first kappa shape index (κ1) is 15.6. The molecule has 1 N–H and O–H groups in total. The maximum atomic E-state index is 5.40. The standard InChI is InChI=1S/C16H25NO2/c1-5-9-17-12-13(6-2)10-14-11-15(18-3)7-8-16(14)19-4/h7-8,10-11,17H,5-6,9,12H2,1-4H3. The summed E-state index contributed by atoms with van der Waals surface area (Å²) in [5.41, 5.74) is 2.43. The molecular weight excluding hydrogens is 238 g/mol. The summed E-state index contributed by atoms with van der Waals surface area (Å²) in [7, 11) is 3.37. The van der Waals surface area contributed by atoms with Gasteiger partial charge in [-0.1, -0.05) is 25.5 Å². The molecule has 0 saturated carbocycles. The molecule has 106 valence electrons. The first-order valence-corrected chi connectivity index (χ1v) is 6.87. The Bertz CT molecular complexity index is 413. The summed E-state index contributed by atoms with van der Waals surface area (Å²) < 4.78 is 10.7. The van der Waals surface area contributed by atoms with Crippen LogP contribution in [0.3, 0.4) is 0 Å². The van der Waals surface area contributed by atoms with E-state index in [2.05, 4.69) is 25.2 Å². The van der Waals surface area contributed by atoms with E-state index in [1.807, 2.05) is 18.2 Å². The lowest BCUT2D eigenvalue weighted by Gasteiger charge is -2.10. The number of rotatable bonds is 8. The van der Waals surface area contributed by atoms with Gasteiger partial charge in [0.15, 0.2) is 0 Å². The van der Waals surface area contributed by atoms with Crippen molar-refractivity contribution >= 4 is 6.08 Å². The zero-order valence-corrected chi connectivity index (χ0v) is 12.5. The molecule has 0 heterocycles. The second-order valence-corrected chi connectivity index (χ2v) is 4.44. The highest BCUT2D eigenvalue weighted by molar-refractivity contribution is 5.62. The van der Waals surface area contributed by atoms with Crippen LogP contribution in [0.1, 0.15) is 32.3 Å². The Kier molecular flexibility index (Phi) is 7.04. The van der Waals surface area contributed by atoms with Crippen LogP contribution in [-0.4, -0.2) is 27.3 Å². The van der Waals surface area contributed by atoms with Gasteiger partial charge in [0.2, 0.25) is 0 Å². The third kappa shape index (κ3) is 4.95. The highest BCUT2D eigenvalue weighted by Crippen LogP contribution is 2.26. The van der Waals surface area contributed by atoms with E-state index in [0.29, 0.717) is 0 Å². The van der Waals surface area contributed by atoms with Gasteiger partial charge in [-0.05, 0) is 37.6 Å². The molecule has 0 saturated heterocycles. The maximum absolute atomic E-state index is 5.40. The van der Waals surface area contributed by atoms with Crippen molar-refractivity contribution in [2.75, 3.05) is 27.3 Å². The Morgan fingerprint density at radius 2 is 2.00 bits per heavy atom. The van der Waals surface area contributed by atoms with Gasteiger partial charge in [0.25, 0.3) is 0 Å².